The number of rotatable bonds is 7. The van der Waals surface area contributed by atoms with Gasteiger partial charge in [0, 0.05) is 29.3 Å². The third-order valence-corrected chi connectivity index (χ3v) is 3.84. The molecule has 4 nitrogen and oxygen atoms in total. The van der Waals surface area contributed by atoms with Gasteiger partial charge in [0.2, 0.25) is 0 Å². The number of hydrogen-bond acceptors (Lipinski definition) is 4. The molecular weight excluding hydrogens is 272 g/mol. The molecule has 0 bridgehead atoms. The number of anilines is 1. The second kappa shape index (κ2) is 7.55. The molecule has 0 aliphatic heterocycles. The van der Waals surface area contributed by atoms with Crippen LogP contribution in [-0.4, -0.2) is 17.2 Å². The Morgan fingerprint density at radius 2 is 1.75 bits per heavy atom. The standard InChI is InChI=1S/C15H16N2O2S/c18-17(19)14-9-7-13(8-10-14)16-11-4-12-20-15-5-2-1-3-6-15/h1-3,5-10,16H,4,11-12H2. The summed E-state index contributed by atoms with van der Waals surface area (Å²) in [7, 11) is 0. The molecule has 0 aliphatic carbocycles. The molecule has 0 atom stereocenters. The van der Waals surface area contributed by atoms with E-state index in [0.717, 1.165) is 24.4 Å². The summed E-state index contributed by atoms with van der Waals surface area (Å²) in [6, 6.07) is 16.8. The van der Waals surface area contributed by atoms with Crippen LogP contribution < -0.4 is 5.32 Å². The van der Waals surface area contributed by atoms with Gasteiger partial charge in [-0.3, -0.25) is 10.1 Å². The zero-order chi connectivity index (χ0) is 14.2. The minimum absolute atomic E-state index is 0.121. The zero-order valence-corrected chi connectivity index (χ0v) is 11.8. The molecular formula is C15H16N2O2S. The van der Waals surface area contributed by atoms with Crippen molar-refractivity contribution in [3.63, 3.8) is 0 Å². The Labute approximate surface area is 122 Å². The second-order valence-electron chi connectivity index (χ2n) is 4.25. The Morgan fingerprint density at radius 3 is 2.40 bits per heavy atom. The fraction of sp³-hybridized carbons (Fsp3) is 0.200. The van der Waals surface area contributed by atoms with Gasteiger partial charge in [0.15, 0.2) is 0 Å². The molecule has 104 valence electrons. The molecule has 0 aliphatic rings. The van der Waals surface area contributed by atoms with Gasteiger partial charge in [-0.15, -0.1) is 11.8 Å². The Balaban J connectivity index is 1.67. The molecule has 0 spiro atoms. The number of nitrogens with one attached hydrogen (secondary N) is 1. The molecule has 2 rings (SSSR count). The number of nitrogens with zero attached hydrogens (tertiary/aromatic N) is 1. The molecule has 0 saturated heterocycles. The minimum atomic E-state index is -0.389. The van der Waals surface area contributed by atoms with Gasteiger partial charge in [0.1, 0.15) is 0 Å². The van der Waals surface area contributed by atoms with E-state index in [0.29, 0.717) is 0 Å². The van der Waals surface area contributed by atoms with E-state index in [1.165, 1.54) is 17.0 Å². The largest absolute Gasteiger partial charge is 0.385 e. The molecule has 2 aromatic rings. The van der Waals surface area contributed by atoms with Crippen LogP contribution in [0, 0.1) is 10.1 Å². The van der Waals surface area contributed by atoms with E-state index in [1.807, 2.05) is 30.0 Å². The number of nitro groups is 1. The maximum Gasteiger partial charge on any atom is 0.269 e. The highest BCUT2D eigenvalue weighted by molar-refractivity contribution is 7.99. The lowest BCUT2D eigenvalue weighted by Gasteiger charge is -2.06. The van der Waals surface area contributed by atoms with Gasteiger partial charge in [-0.25, -0.2) is 0 Å². The molecule has 0 unspecified atom stereocenters. The highest BCUT2D eigenvalue weighted by Crippen LogP contribution is 2.18. The highest BCUT2D eigenvalue weighted by atomic mass is 32.2. The number of benzene rings is 2. The molecule has 20 heavy (non-hydrogen) atoms. The van der Waals surface area contributed by atoms with Crippen molar-refractivity contribution in [1.29, 1.82) is 0 Å². The Hall–Kier alpha value is -2.01. The van der Waals surface area contributed by atoms with Crippen LogP contribution in [0.3, 0.4) is 0 Å². The first-order valence-electron chi connectivity index (χ1n) is 6.42. The van der Waals surface area contributed by atoms with E-state index in [-0.39, 0.29) is 10.6 Å². The molecule has 0 amide bonds. The van der Waals surface area contributed by atoms with Gasteiger partial charge in [-0.1, -0.05) is 18.2 Å². The van der Waals surface area contributed by atoms with Crippen LogP contribution in [0.1, 0.15) is 6.42 Å². The first kappa shape index (κ1) is 14.4. The van der Waals surface area contributed by atoms with Crippen molar-refractivity contribution >= 4 is 23.1 Å². The van der Waals surface area contributed by atoms with Crippen LogP contribution in [0.25, 0.3) is 0 Å². The van der Waals surface area contributed by atoms with E-state index in [1.54, 1.807) is 12.1 Å². The zero-order valence-electron chi connectivity index (χ0n) is 11.0. The summed E-state index contributed by atoms with van der Waals surface area (Å²) in [6.07, 6.45) is 1.04. The first-order chi connectivity index (χ1) is 9.75. The molecule has 0 heterocycles. The molecule has 0 saturated carbocycles. The van der Waals surface area contributed by atoms with E-state index < -0.39 is 0 Å². The molecule has 0 radical (unpaired) electrons. The summed E-state index contributed by atoms with van der Waals surface area (Å²) in [5, 5.41) is 13.8. The summed E-state index contributed by atoms with van der Waals surface area (Å²) in [4.78, 5) is 11.4. The van der Waals surface area contributed by atoms with E-state index in [9.17, 15) is 10.1 Å². The van der Waals surface area contributed by atoms with Crippen LogP contribution in [0.4, 0.5) is 11.4 Å². The summed E-state index contributed by atoms with van der Waals surface area (Å²) in [6.45, 7) is 0.859. The summed E-state index contributed by atoms with van der Waals surface area (Å²) in [5.41, 5.74) is 1.04. The molecule has 5 heteroatoms. The van der Waals surface area contributed by atoms with Crippen molar-refractivity contribution in [2.24, 2.45) is 0 Å². The number of non-ortho nitro benzene ring substituents is 1. The normalized spacial score (nSPS) is 10.2. The number of thioether (sulfide) groups is 1. The van der Waals surface area contributed by atoms with Gasteiger partial charge in [-0.2, -0.15) is 0 Å². The van der Waals surface area contributed by atoms with E-state index in [2.05, 4.69) is 17.4 Å². The predicted molar refractivity (Wildman–Crippen MR) is 83.4 cm³/mol. The molecule has 2 aromatic carbocycles. The van der Waals surface area contributed by atoms with E-state index >= 15 is 0 Å². The third kappa shape index (κ3) is 4.59. The van der Waals surface area contributed by atoms with Gasteiger partial charge < -0.3 is 5.32 Å². The van der Waals surface area contributed by atoms with Gasteiger partial charge in [0.25, 0.3) is 5.69 Å². The maximum absolute atomic E-state index is 10.5. The van der Waals surface area contributed by atoms with Crippen molar-refractivity contribution in [1.82, 2.24) is 0 Å². The SMILES string of the molecule is O=[N+]([O-])c1ccc(NCCCSc2ccccc2)cc1. The predicted octanol–water partition coefficient (Wildman–Crippen LogP) is 4.19. The summed E-state index contributed by atoms with van der Waals surface area (Å²) >= 11 is 1.83. The Bertz CT molecular complexity index is 544. The molecule has 0 fully saturated rings. The second-order valence-corrected chi connectivity index (χ2v) is 5.41. The van der Waals surface area contributed by atoms with Crippen LogP contribution in [0.15, 0.2) is 59.5 Å². The van der Waals surface area contributed by atoms with Crippen LogP contribution in [0.2, 0.25) is 0 Å². The third-order valence-electron chi connectivity index (χ3n) is 2.74. The van der Waals surface area contributed by atoms with Crippen molar-refractivity contribution in [2.45, 2.75) is 11.3 Å². The highest BCUT2D eigenvalue weighted by Gasteiger charge is 2.03. The number of hydrogen-bond donors (Lipinski definition) is 1. The maximum atomic E-state index is 10.5. The molecule has 1 N–H and O–H groups in total. The monoisotopic (exact) mass is 288 g/mol. The van der Waals surface area contributed by atoms with Crippen LogP contribution in [-0.2, 0) is 0 Å². The van der Waals surface area contributed by atoms with E-state index in [4.69, 9.17) is 0 Å². The van der Waals surface area contributed by atoms with Gasteiger partial charge in [0.05, 0.1) is 4.92 Å². The van der Waals surface area contributed by atoms with Crippen LogP contribution in [0.5, 0.6) is 0 Å². The fourth-order valence-electron chi connectivity index (χ4n) is 1.71. The van der Waals surface area contributed by atoms with Crippen molar-refractivity contribution < 1.29 is 4.92 Å². The Morgan fingerprint density at radius 1 is 1.05 bits per heavy atom. The smallest absolute Gasteiger partial charge is 0.269 e. The van der Waals surface area contributed by atoms with Crippen molar-refractivity contribution in [2.75, 3.05) is 17.6 Å². The molecule has 0 aromatic heterocycles. The average Bonchev–Trinajstić information content (AvgIpc) is 2.48. The lowest BCUT2D eigenvalue weighted by atomic mass is 10.3. The summed E-state index contributed by atoms with van der Waals surface area (Å²) in [5.74, 6) is 1.05. The lowest BCUT2D eigenvalue weighted by Crippen LogP contribution is -2.02. The summed E-state index contributed by atoms with van der Waals surface area (Å²) < 4.78 is 0. The topological polar surface area (TPSA) is 55.2 Å². The minimum Gasteiger partial charge on any atom is -0.385 e. The van der Waals surface area contributed by atoms with Gasteiger partial charge >= 0.3 is 0 Å². The lowest BCUT2D eigenvalue weighted by molar-refractivity contribution is -0.384. The van der Waals surface area contributed by atoms with Crippen molar-refractivity contribution in [3.05, 3.63) is 64.7 Å². The quantitative estimate of drug-likeness (QED) is 0.359. The fourth-order valence-corrected chi connectivity index (χ4v) is 2.59. The first-order valence-corrected chi connectivity index (χ1v) is 7.40. The van der Waals surface area contributed by atoms with Crippen LogP contribution >= 0.6 is 11.8 Å². The number of nitro benzene ring substituents is 1. The van der Waals surface area contributed by atoms with Gasteiger partial charge in [-0.05, 0) is 36.4 Å². The average molecular weight is 288 g/mol. The Kier molecular flexibility index (Phi) is 5.43. The van der Waals surface area contributed by atoms with Crippen molar-refractivity contribution in [3.8, 4) is 0 Å².